The Morgan fingerprint density at radius 3 is 1.21 bits per heavy atom. The highest BCUT2D eigenvalue weighted by Crippen LogP contribution is 3.01. The van der Waals surface area contributed by atoms with Crippen molar-refractivity contribution in [2.45, 2.75) is 187 Å². The third-order valence-electron chi connectivity index (χ3n) is 33.1. The molecule has 23 atom stereocenters. The predicted molar refractivity (Wildman–Crippen MR) is 308 cm³/mol. The van der Waals surface area contributed by atoms with E-state index in [1.165, 1.54) is 32.1 Å². The summed E-state index contributed by atoms with van der Waals surface area (Å²) in [6.45, 7) is 10.2. The van der Waals surface area contributed by atoms with Gasteiger partial charge in [-0.05, 0) is 368 Å². The molecule has 0 amide bonds. The Balaban J connectivity index is 0.918. The molecular weight excluding hydrogens is 957 g/mol. The second-order valence-electron chi connectivity index (χ2n) is 32.9. The van der Waals surface area contributed by atoms with Crippen molar-refractivity contribution in [2.24, 2.45) is 17.8 Å². The molecule has 11 aromatic carbocycles. The summed E-state index contributed by atoms with van der Waals surface area (Å²) in [5, 5.41) is 30.9. The number of benzene rings is 10. The lowest BCUT2D eigenvalue weighted by Crippen LogP contribution is -2.62. The van der Waals surface area contributed by atoms with Crippen molar-refractivity contribution in [3.05, 3.63) is 140 Å². The summed E-state index contributed by atoms with van der Waals surface area (Å²) in [5.41, 5.74) is 50.3. The summed E-state index contributed by atoms with van der Waals surface area (Å²) in [7, 11) is 0. The van der Waals surface area contributed by atoms with Gasteiger partial charge in [0.2, 0.25) is 0 Å². The molecule has 78 heavy (non-hydrogen) atoms. The summed E-state index contributed by atoms with van der Waals surface area (Å²) >= 11 is 2.65. The fourth-order valence-corrected chi connectivity index (χ4v) is 36.0. The predicted octanol–water partition coefficient (Wildman–Crippen LogP) is 18.4. The van der Waals surface area contributed by atoms with E-state index in [2.05, 4.69) is 96.1 Å². The molecule has 1 fully saturated rings. The average Bonchev–Trinajstić information content (AvgIpc) is 1.46. The zero-order chi connectivity index (χ0) is 47.6. The van der Waals surface area contributed by atoms with E-state index in [9.17, 15) is 0 Å². The minimum atomic E-state index is 0.00901. The first-order chi connectivity index (χ1) is 38.6. The van der Waals surface area contributed by atoms with E-state index >= 15 is 0 Å². The molecule has 1 heterocycles. The highest BCUT2D eigenvalue weighted by Gasteiger charge is 2.89. The monoisotopic (exact) mass is 1000 g/mol. The van der Waals surface area contributed by atoms with Crippen LogP contribution in [0.15, 0.2) is 17.0 Å². The van der Waals surface area contributed by atoms with Gasteiger partial charge in [0, 0.05) is 10.3 Å². The third kappa shape index (κ3) is 2.05. The Bertz CT molecular complexity index is 5700. The standard InChI is InChI=1S/C77H46S/c1-5-7-8-13(6-2)9-14-10-17-16(11-15(14)12(3)4)76-72-64-56-46-36-28-20-18-19-22-26-24(20)32-40-34(26)44-38-30(22)31-23(19)27-25-21(18)29(28)37-43-33(25)41-35(27)45-39(31)49-48(38)60-54(44)62-52(40)58(50(56)42(32)36)66(72)68(62)74-70(60)71-61(49)55(45)63-53(41)59-51(43)57(47(37)46)65(64)73(76)67(59)69(63)75(71)77(74,76)78-17/h10-13,20,22,24,26,28,30,36,38,46-49,57,61,65,67,69,71,73,75H,5-9H2,1-4H3. The van der Waals surface area contributed by atoms with Gasteiger partial charge >= 0.3 is 0 Å². The Morgan fingerprint density at radius 1 is 0.397 bits per heavy atom. The second kappa shape index (κ2) is 8.37. The maximum atomic E-state index is 3.10. The number of fused-ring (bicyclic) bond motifs is 1. The molecule has 0 N–H and O–H groups in total. The van der Waals surface area contributed by atoms with Crippen LogP contribution in [0.3, 0.4) is 0 Å². The van der Waals surface area contributed by atoms with Crippen LogP contribution in [-0.2, 0) is 16.6 Å². The van der Waals surface area contributed by atoms with Crippen LogP contribution in [-0.4, -0.2) is 0 Å². The molecule has 11 aromatic rings. The Labute approximate surface area is 451 Å². The van der Waals surface area contributed by atoms with Crippen LogP contribution in [0.4, 0.5) is 0 Å². The van der Waals surface area contributed by atoms with Gasteiger partial charge in [0.1, 0.15) is 0 Å². The second-order valence-corrected chi connectivity index (χ2v) is 34.2. The quantitative estimate of drug-likeness (QED) is 0.143. The van der Waals surface area contributed by atoms with Crippen molar-refractivity contribution in [1.82, 2.24) is 0 Å². The molecule has 0 bridgehead atoms. The molecule has 0 radical (unpaired) electrons. The summed E-state index contributed by atoms with van der Waals surface area (Å²) in [4.78, 5) is 1.79. The highest BCUT2D eigenvalue weighted by molar-refractivity contribution is 8.00. The van der Waals surface area contributed by atoms with Crippen LogP contribution < -0.4 is 0 Å². The van der Waals surface area contributed by atoms with E-state index < -0.39 is 0 Å². The van der Waals surface area contributed by atoms with E-state index in [4.69, 9.17) is 0 Å². The van der Waals surface area contributed by atoms with Gasteiger partial charge in [-0.2, -0.15) is 0 Å². The molecule has 0 saturated heterocycles. The lowest BCUT2D eigenvalue weighted by molar-refractivity contribution is 0.0341. The van der Waals surface area contributed by atoms with Crippen molar-refractivity contribution >= 4 is 97.9 Å². The zero-order valence-electron chi connectivity index (χ0n) is 43.8. The first kappa shape index (κ1) is 34.0. The Morgan fingerprint density at radius 2 is 0.756 bits per heavy atom. The van der Waals surface area contributed by atoms with Gasteiger partial charge in [-0.1, -0.05) is 59.4 Å². The van der Waals surface area contributed by atoms with Crippen LogP contribution >= 0.6 is 11.8 Å². The van der Waals surface area contributed by atoms with E-state index in [1.807, 2.05) is 170 Å². The van der Waals surface area contributed by atoms with E-state index in [1.54, 1.807) is 16.0 Å². The van der Waals surface area contributed by atoms with Gasteiger partial charge < -0.3 is 0 Å². The molecule has 23 aliphatic rings. The molecule has 0 nitrogen and oxygen atoms in total. The van der Waals surface area contributed by atoms with Gasteiger partial charge in [-0.3, -0.25) is 0 Å². The number of hydrogen-bond donors (Lipinski definition) is 0. The zero-order valence-corrected chi connectivity index (χ0v) is 44.6. The number of thioether (sulfide) groups is 1. The maximum absolute atomic E-state index is 3.10. The first-order valence-electron chi connectivity index (χ1n) is 32.7. The minimum absolute atomic E-state index is 0.00901. The summed E-state index contributed by atoms with van der Waals surface area (Å²) in [5.74, 6) is 14.6. The summed E-state index contributed by atoms with van der Waals surface area (Å²) in [6, 6.07) is 6.11. The Kier molecular flexibility index (Phi) is 3.65. The van der Waals surface area contributed by atoms with Crippen molar-refractivity contribution in [3.8, 4) is 11.1 Å². The van der Waals surface area contributed by atoms with Gasteiger partial charge in [-0.15, -0.1) is 11.8 Å². The number of unbranched alkanes of at least 4 members (excludes halogenated alkanes) is 1. The van der Waals surface area contributed by atoms with Crippen LogP contribution in [0.1, 0.15) is 294 Å². The van der Waals surface area contributed by atoms with Gasteiger partial charge in [0.15, 0.2) is 0 Å². The van der Waals surface area contributed by atoms with E-state index in [-0.39, 0.29) is 10.2 Å². The highest BCUT2D eigenvalue weighted by atomic mass is 32.2. The third-order valence-corrected chi connectivity index (χ3v) is 34.8. The SMILES string of the molecule is CCCCC(CC)Cc1cc2c(cc1C(C)C)C13c4c5c6c7c8c9c%10c%11c%12c%13c%14c%15c(c%16c%13c%10c7c4-%16)C1(S2)C1C%15C2c4c7c%10c%13c%15c%16c%17c%18c%19c%20c%21c%22c%23c(c4c4c%22c%19c%16c%104)C2C%14C%12C%23C%21C%11C9C%20C%18C8C6C%17C%15C5C3C%13C71. The fraction of sp³-hybridized carbons (Fsp3) is 0.429. The lowest BCUT2D eigenvalue weighted by Gasteiger charge is -2.65. The first-order valence-corrected chi connectivity index (χ1v) is 33.5. The maximum Gasteiger partial charge on any atom is 0.0645 e. The van der Waals surface area contributed by atoms with Crippen LogP contribution in [0.5, 0.6) is 0 Å². The lowest BCUT2D eigenvalue weighted by atomic mass is 9.39. The number of rotatable bonds is 7. The smallest absolute Gasteiger partial charge is 0.0645 e. The number of hydrogen-bond acceptors (Lipinski definition) is 1. The largest absolute Gasteiger partial charge is 0.112 e. The molecule has 0 aromatic heterocycles. The van der Waals surface area contributed by atoms with Gasteiger partial charge in [0.05, 0.1) is 4.75 Å². The Hall–Kier alpha value is -5.37. The van der Waals surface area contributed by atoms with Crippen molar-refractivity contribution in [3.63, 3.8) is 0 Å². The average molecular weight is 1000 g/mol. The van der Waals surface area contributed by atoms with Crippen LogP contribution in [0.25, 0.3) is 97.3 Å². The van der Waals surface area contributed by atoms with Crippen LogP contribution in [0.2, 0.25) is 0 Å². The molecule has 1 saturated carbocycles. The normalized spacial score (nSPS) is 44.8. The molecule has 360 valence electrons. The van der Waals surface area contributed by atoms with Crippen molar-refractivity contribution in [2.75, 3.05) is 0 Å². The molecule has 23 unspecified atom stereocenters. The van der Waals surface area contributed by atoms with E-state index in [0.29, 0.717) is 124 Å². The van der Waals surface area contributed by atoms with Gasteiger partial charge in [0.25, 0.3) is 0 Å². The summed E-state index contributed by atoms with van der Waals surface area (Å²) < 4.78 is 0.0438. The molecular formula is C77H46S. The minimum Gasteiger partial charge on any atom is -0.112 e. The van der Waals surface area contributed by atoms with Gasteiger partial charge in [-0.25, -0.2) is 0 Å². The molecule has 2 spiro atoms. The van der Waals surface area contributed by atoms with Crippen molar-refractivity contribution < 1.29 is 0 Å². The topological polar surface area (TPSA) is 0 Å². The summed E-state index contributed by atoms with van der Waals surface area (Å²) in [6.07, 6.45) is 6.67. The van der Waals surface area contributed by atoms with E-state index in [0.717, 1.165) is 5.92 Å². The molecule has 1 heteroatoms. The van der Waals surface area contributed by atoms with Crippen LogP contribution in [0, 0.1) is 17.8 Å². The fourth-order valence-electron chi connectivity index (χ4n) is 33.9. The molecule has 34 rings (SSSR count). The molecule has 22 aliphatic carbocycles. The van der Waals surface area contributed by atoms with Crippen molar-refractivity contribution in [1.29, 1.82) is 0 Å². The molecule has 1 aliphatic heterocycles.